The molecule has 0 bridgehead atoms. The monoisotopic (exact) mass is 531 g/mol. The smallest absolute Gasteiger partial charge is 0.302 e. The average Bonchev–Trinajstić information content (AvgIpc) is 3.21. The zero-order valence-electron chi connectivity index (χ0n) is 21.8. The average molecular weight is 532 g/mol. The Kier molecular flexibility index (Phi) is 8.64. The predicted molar refractivity (Wildman–Crippen MR) is 147 cm³/mol. The Morgan fingerprint density at radius 1 is 0.692 bits per heavy atom. The van der Waals surface area contributed by atoms with Crippen LogP contribution in [0.2, 0.25) is 0 Å². The number of nitrogens with zero attached hydrogens (tertiary/aromatic N) is 5. The molecule has 0 aliphatic carbocycles. The van der Waals surface area contributed by atoms with Gasteiger partial charge in [-0.15, -0.1) is 0 Å². The minimum atomic E-state index is -4.29. The van der Waals surface area contributed by atoms with Crippen LogP contribution < -0.4 is 0 Å². The first kappa shape index (κ1) is 27.0. The zero-order chi connectivity index (χ0) is 27.1. The number of hydrogen-bond acceptors (Lipinski definition) is 5. The lowest BCUT2D eigenvalue weighted by Crippen LogP contribution is -2.33. The highest BCUT2D eigenvalue weighted by molar-refractivity contribution is 5.63. The first-order chi connectivity index (χ1) is 18.9. The maximum atomic E-state index is 12.8. The highest BCUT2D eigenvalue weighted by Crippen LogP contribution is 2.29. The van der Waals surface area contributed by atoms with Crippen LogP contribution in [-0.4, -0.2) is 64.0 Å². The van der Waals surface area contributed by atoms with Crippen LogP contribution in [0, 0.1) is 0 Å². The van der Waals surface area contributed by atoms with E-state index in [0.29, 0.717) is 5.82 Å². The Labute approximate surface area is 227 Å². The van der Waals surface area contributed by atoms with Gasteiger partial charge in [0.2, 0.25) is 0 Å². The molecule has 202 valence electrons. The molecule has 5 rings (SSSR count). The molecule has 1 aliphatic rings. The highest BCUT2D eigenvalue weighted by atomic mass is 19.4. The van der Waals surface area contributed by atoms with Crippen LogP contribution in [0.3, 0.4) is 0 Å². The fourth-order valence-corrected chi connectivity index (χ4v) is 4.90. The third-order valence-electron chi connectivity index (χ3n) is 7.15. The molecule has 0 N–H and O–H groups in total. The van der Waals surface area contributed by atoms with Crippen molar-refractivity contribution in [2.75, 3.05) is 39.3 Å². The normalized spacial score (nSPS) is 15.3. The molecule has 0 radical (unpaired) electrons. The van der Waals surface area contributed by atoms with Crippen molar-refractivity contribution < 1.29 is 13.2 Å². The Balaban J connectivity index is 1.18. The molecular weight excluding hydrogens is 499 g/mol. The Morgan fingerprint density at radius 2 is 1.36 bits per heavy atom. The van der Waals surface area contributed by atoms with Gasteiger partial charge >= 0.3 is 6.18 Å². The van der Waals surface area contributed by atoms with E-state index in [0.717, 1.165) is 86.6 Å². The van der Waals surface area contributed by atoms with Crippen molar-refractivity contribution >= 4 is 0 Å². The van der Waals surface area contributed by atoms with Crippen molar-refractivity contribution in [3.05, 3.63) is 102 Å². The van der Waals surface area contributed by atoms with E-state index in [9.17, 15) is 13.2 Å². The molecule has 1 saturated heterocycles. The van der Waals surface area contributed by atoms with Gasteiger partial charge in [-0.1, -0.05) is 42.5 Å². The lowest BCUT2D eigenvalue weighted by molar-refractivity contribution is -0.137. The Morgan fingerprint density at radius 3 is 2.03 bits per heavy atom. The largest absolute Gasteiger partial charge is 0.416 e. The van der Waals surface area contributed by atoms with Crippen molar-refractivity contribution in [3.8, 4) is 22.6 Å². The summed E-state index contributed by atoms with van der Waals surface area (Å²) in [7, 11) is 0. The fourth-order valence-electron chi connectivity index (χ4n) is 4.90. The van der Waals surface area contributed by atoms with Gasteiger partial charge in [0.05, 0.1) is 11.3 Å². The number of pyridine rings is 1. The van der Waals surface area contributed by atoms with Crippen LogP contribution in [0.15, 0.2) is 85.2 Å². The molecule has 0 spiro atoms. The molecule has 8 heteroatoms. The molecule has 0 saturated carbocycles. The van der Waals surface area contributed by atoms with E-state index in [2.05, 4.69) is 33.0 Å². The maximum Gasteiger partial charge on any atom is 0.416 e. The number of hydrogen-bond donors (Lipinski definition) is 0. The molecule has 3 heterocycles. The molecule has 39 heavy (non-hydrogen) atoms. The Bertz CT molecular complexity index is 1270. The lowest BCUT2D eigenvalue weighted by atomic mass is 10.1. The van der Waals surface area contributed by atoms with Crippen LogP contribution in [0.25, 0.3) is 22.6 Å². The second kappa shape index (κ2) is 12.5. The van der Waals surface area contributed by atoms with Gasteiger partial charge in [0, 0.05) is 61.8 Å². The van der Waals surface area contributed by atoms with Crippen LogP contribution in [0.5, 0.6) is 0 Å². The van der Waals surface area contributed by atoms with Gasteiger partial charge in [0.15, 0.2) is 5.82 Å². The van der Waals surface area contributed by atoms with E-state index in [-0.39, 0.29) is 0 Å². The lowest BCUT2D eigenvalue weighted by Gasteiger charge is -2.22. The summed E-state index contributed by atoms with van der Waals surface area (Å²) < 4.78 is 38.5. The highest BCUT2D eigenvalue weighted by Gasteiger charge is 2.29. The van der Waals surface area contributed by atoms with Crippen LogP contribution in [0.4, 0.5) is 13.2 Å². The molecule has 0 atom stereocenters. The third-order valence-corrected chi connectivity index (χ3v) is 7.15. The SMILES string of the molecule is FC(F)(F)c1ccc(CCN2CCCN(CCc3cc(-c4ccccc4)nc(-c4ccncc4)n3)CC2)cc1. The van der Waals surface area contributed by atoms with Crippen molar-refractivity contribution in [1.29, 1.82) is 0 Å². The van der Waals surface area contributed by atoms with Crippen LogP contribution in [0.1, 0.15) is 23.2 Å². The van der Waals surface area contributed by atoms with E-state index in [1.54, 1.807) is 24.5 Å². The van der Waals surface area contributed by atoms with Crippen molar-refractivity contribution in [1.82, 2.24) is 24.8 Å². The van der Waals surface area contributed by atoms with Gasteiger partial charge in [-0.05, 0) is 61.8 Å². The van der Waals surface area contributed by atoms with Crippen LogP contribution >= 0.6 is 0 Å². The Hall–Kier alpha value is -3.62. The summed E-state index contributed by atoms with van der Waals surface area (Å²) >= 11 is 0. The fraction of sp³-hybridized carbons (Fsp3) is 0.323. The van der Waals surface area contributed by atoms with Gasteiger partial charge in [-0.25, -0.2) is 9.97 Å². The number of halogens is 3. The molecular formula is C31H32F3N5. The molecule has 2 aromatic carbocycles. The zero-order valence-corrected chi connectivity index (χ0v) is 21.8. The third kappa shape index (κ3) is 7.49. The molecule has 4 aromatic rings. The second-order valence-corrected chi connectivity index (χ2v) is 9.90. The van der Waals surface area contributed by atoms with Gasteiger partial charge in [-0.2, -0.15) is 13.2 Å². The summed E-state index contributed by atoms with van der Waals surface area (Å²) in [5.41, 5.74) is 4.28. The van der Waals surface area contributed by atoms with Gasteiger partial charge in [-0.3, -0.25) is 4.98 Å². The van der Waals surface area contributed by atoms with E-state index in [1.165, 1.54) is 12.1 Å². The van der Waals surface area contributed by atoms with Gasteiger partial charge < -0.3 is 9.80 Å². The first-order valence-electron chi connectivity index (χ1n) is 13.4. The standard InChI is InChI=1S/C31H32F3N5/c32-31(33,34)27-9-7-24(8-10-27)13-19-38-17-4-18-39(22-21-38)20-14-28-23-29(25-5-2-1-3-6-25)37-30(36-28)26-11-15-35-16-12-26/h1-3,5-12,15-16,23H,4,13-14,17-22H2. The molecule has 5 nitrogen and oxygen atoms in total. The van der Waals surface area contributed by atoms with E-state index in [1.807, 2.05) is 30.3 Å². The number of alkyl halides is 3. The molecule has 0 amide bonds. The maximum absolute atomic E-state index is 12.8. The molecule has 1 aliphatic heterocycles. The van der Waals surface area contributed by atoms with Gasteiger partial charge in [0.1, 0.15) is 0 Å². The summed E-state index contributed by atoms with van der Waals surface area (Å²) in [6.07, 6.45) is 1.86. The van der Waals surface area contributed by atoms with E-state index in [4.69, 9.17) is 9.97 Å². The second-order valence-electron chi connectivity index (χ2n) is 9.90. The molecule has 1 fully saturated rings. The summed E-state index contributed by atoms with van der Waals surface area (Å²) in [5.74, 6) is 0.707. The topological polar surface area (TPSA) is 45.2 Å². The number of benzene rings is 2. The summed E-state index contributed by atoms with van der Waals surface area (Å²) in [5, 5.41) is 0. The molecule has 2 aromatic heterocycles. The van der Waals surface area contributed by atoms with Crippen LogP contribution in [-0.2, 0) is 19.0 Å². The molecule has 0 unspecified atom stereocenters. The number of rotatable bonds is 8. The number of aromatic nitrogens is 3. The minimum absolute atomic E-state index is 0.593. The first-order valence-corrected chi connectivity index (χ1v) is 13.4. The van der Waals surface area contributed by atoms with Crippen molar-refractivity contribution in [2.24, 2.45) is 0 Å². The minimum Gasteiger partial charge on any atom is -0.302 e. The van der Waals surface area contributed by atoms with Crippen molar-refractivity contribution in [3.63, 3.8) is 0 Å². The predicted octanol–water partition coefficient (Wildman–Crippen LogP) is 6.02. The van der Waals surface area contributed by atoms with E-state index < -0.39 is 11.7 Å². The van der Waals surface area contributed by atoms with E-state index >= 15 is 0 Å². The summed E-state index contributed by atoms with van der Waals surface area (Å²) in [4.78, 5) is 18.7. The summed E-state index contributed by atoms with van der Waals surface area (Å²) in [6.45, 7) is 5.68. The van der Waals surface area contributed by atoms with Gasteiger partial charge in [0.25, 0.3) is 0 Å². The summed E-state index contributed by atoms with van der Waals surface area (Å²) in [6, 6.07) is 21.7. The van der Waals surface area contributed by atoms with Crippen molar-refractivity contribution in [2.45, 2.75) is 25.4 Å². The quantitative estimate of drug-likeness (QED) is 0.278.